The molecule has 32 heavy (non-hydrogen) atoms. The minimum atomic E-state index is -0.370. The van der Waals surface area contributed by atoms with Gasteiger partial charge in [0, 0.05) is 30.1 Å². The number of carbonyl (C=O) groups is 2. The lowest BCUT2D eigenvalue weighted by atomic mass is 9.98. The van der Waals surface area contributed by atoms with Gasteiger partial charge < -0.3 is 21.5 Å². The van der Waals surface area contributed by atoms with Gasteiger partial charge in [-0.25, -0.2) is 0 Å². The molecule has 1 aromatic heterocycles. The van der Waals surface area contributed by atoms with Gasteiger partial charge in [0.05, 0.1) is 13.2 Å². The van der Waals surface area contributed by atoms with E-state index in [1.54, 1.807) is 6.92 Å². The molecule has 1 aliphatic heterocycles. The first-order valence-electron chi connectivity index (χ1n) is 11.7. The highest BCUT2D eigenvalue weighted by atomic mass is 16.5. The van der Waals surface area contributed by atoms with Crippen LogP contribution in [-0.4, -0.2) is 43.6 Å². The molecule has 7 nitrogen and oxygen atoms in total. The Balaban J connectivity index is 0. The molecule has 2 heterocycles. The number of aromatic nitrogens is 1. The first-order valence-corrected chi connectivity index (χ1v) is 11.7. The van der Waals surface area contributed by atoms with Crippen molar-refractivity contribution in [1.29, 1.82) is 0 Å². The number of pyridine rings is 1. The van der Waals surface area contributed by atoms with Crippen LogP contribution in [0.2, 0.25) is 0 Å². The number of nitrogens with one attached hydrogen (secondary N) is 1. The molecule has 1 aromatic rings. The van der Waals surface area contributed by atoms with E-state index in [0.29, 0.717) is 5.57 Å². The van der Waals surface area contributed by atoms with Crippen LogP contribution in [0.15, 0.2) is 17.7 Å². The summed E-state index contributed by atoms with van der Waals surface area (Å²) in [6.45, 7) is 16.1. The highest BCUT2D eigenvalue weighted by Gasteiger charge is 2.10. The van der Waals surface area contributed by atoms with Crippen molar-refractivity contribution in [2.24, 2.45) is 11.5 Å². The molecule has 0 spiro atoms. The zero-order valence-corrected chi connectivity index (χ0v) is 21.1. The normalized spacial score (nSPS) is 13.1. The second kappa shape index (κ2) is 22.0. The number of primary amides is 2. The zero-order chi connectivity index (χ0) is 24.8. The van der Waals surface area contributed by atoms with Crippen LogP contribution in [0.4, 0.5) is 0 Å². The first kappa shape index (κ1) is 31.9. The third kappa shape index (κ3) is 16.4. The number of nitrogens with zero attached hydrogens (tertiary/aromatic N) is 1. The number of morpholine rings is 1. The summed E-state index contributed by atoms with van der Waals surface area (Å²) in [5.41, 5.74) is 14.1. The Kier molecular flexibility index (Phi) is 21.9. The predicted octanol–water partition coefficient (Wildman–Crippen LogP) is 3.92. The van der Waals surface area contributed by atoms with Crippen LogP contribution in [0.25, 0.3) is 5.57 Å². The molecule has 1 fully saturated rings. The maximum atomic E-state index is 11.2. The molecule has 0 radical (unpaired) electrons. The number of aryl methyl sites for hydroxylation is 2. The predicted molar refractivity (Wildman–Crippen MR) is 134 cm³/mol. The fraction of sp³-hybridized carbons (Fsp3) is 0.640. The molecule has 184 valence electrons. The van der Waals surface area contributed by atoms with Gasteiger partial charge in [-0.3, -0.25) is 14.6 Å². The number of rotatable bonds is 7. The number of allylic oxidation sites excluding steroid dienone is 1. The van der Waals surface area contributed by atoms with Crippen molar-refractivity contribution in [3.63, 3.8) is 0 Å². The van der Waals surface area contributed by atoms with Crippen molar-refractivity contribution in [1.82, 2.24) is 10.3 Å². The molecule has 0 unspecified atom stereocenters. The Morgan fingerprint density at radius 1 is 1.09 bits per heavy atom. The van der Waals surface area contributed by atoms with Crippen LogP contribution < -0.4 is 16.8 Å². The molecule has 1 saturated heterocycles. The largest absolute Gasteiger partial charge is 0.379 e. The Hall–Kier alpha value is -2.25. The number of unbranched alkanes of at least 4 members (excludes halogenated alkanes) is 3. The molecule has 2 rings (SSSR count). The average molecular weight is 451 g/mol. The lowest BCUT2D eigenvalue weighted by molar-refractivity contribution is -0.114. The maximum absolute atomic E-state index is 11.2. The van der Waals surface area contributed by atoms with Crippen molar-refractivity contribution >= 4 is 17.9 Å². The molecule has 2 amide bonds. The standard InChI is InChI=1S/C14H20N2O.C6H14.C4H9NO.CH3NO/c1-5-6-13-12(8-7-9(2)16-13)10(3)11(4)14(15)17;1-3-5-6-4-2;1-3-6-4-2-5-1;2-1-3/h7-8H,5-6H2,1-4H3,(H2,15,17);3-6H2,1-2H3;5H,1-4H2;1H,(H2,2,3)/b11-10+;;;. The fourth-order valence-corrected chi connectivity index (χ4v) is 2.78. The molecule has 0 bridgehead atoms. The SMILES string of the molecule is C1COCCN1.CCCCCC.CCCc1nc(C)ccc1/C(C)=C(\C)C(N)=O.NC=O. The second-order valence-electron chi connectivity index (χ2n) is 7.52. The summed E-state index contributed by atoms with van der Waals surface area (Å²) in [4.78, 5) is 24.3. The molecule has 0 aliphatic carbocycles. The quantitative estimate of drug-likeness (QED) is 0.330. The van der Waals surface area contributed by atoms with Gasteiger partial charge in [-0.1, -0.05) is 58.9 Å². The maximum Gasteiger partial charge on any atom is 0.244 e. The first-order chi connectivity index (χ1) is 15.3. The molecular formula is C25H46N4O3. The van der Waals surface area contributed by atoms with E-state index < -0.39 is 0 Å². The van der Waals surface area contributed by atoms with Crippen molar-refractivity contribution < 1.29 is 14.3 Å². The summed E-state index contributed by atoms with van der Waals surface area (Å²) in [7, 11) is 0. The highest BCUT2D eigenvalue weighted by molar-refractivity contribution is 5.99. The smallest absolute Gasteiger partial charge is 0.244 e. The minimum Gasteiger partial charge on any atom is -0.379 e. The van der Waals surface area contributed by atoms with Gasteiger partial charge in [0.15, 0.2) is 0 Å². The van der Waals surface area contributed by atoms with E-state index in [0.717, 1.165) is 61.7 Å². The van der Waals surface area contributed by atoms with Gasteiger partial charge in [0.25, 0.3) is 0 Å². The van der Waals surface area contributed by atoms with Gasteiger partial charge in [0.2, 0.25) is 12.3 Å². The van der Waals surface area contributed by atoms with E-state index in [4.69, 9.17) is 15.3 Å². The lowest BCUT2D eigenvalue weighted by Crippen LogP contribution is -2.30. The summed E-state index contributed by atoms with van der Waals surface area (Å²) >= 11 is 0. The van der Waals surface area contributed by atoms with Crippen molar-refractivity contribution in [3.8, 4) is 0 Å². The Bertz CT molecular complexity index is 641. The molecule has 7 heteroatoms. The van der Waals surface area contributed by atoms with E-state index >= 15 is 0 Å². The van der Waals surface area contributed by atoms with Crippen molar-refractivity contribution in [2.45, 2.75) is 80.1 Å². The van der Waals surface area contributed by atoms with Crippen LogP contribution in [0.3, 0.4) is 0 Å². The van der Waals surface area contributed by atoms with Gasteiger partial charge in [0.1, 0.15) is 0 Å². The van der Waals surface area contributed by atoms with Gasteiger partial charge in [-0.05, 0) is 44.4 Å². The second-order valence-corrected chi connectivity index (χ2v) is 7.52. The summed E-state index contributed by atoms with van der Waals surface area (Å²) < 4.78 is 5.01. The number of carbonyl (C=O) groups excluding carboxylic acids is 2. The highest BCUT2D eigenvalue weighted by Crippen LogP contribution is 2.22. The summed E-state index contributed by atoms with van der Waals surface area (Å²) in [5, 5.41) is 3.16. The van der Waals surface area contributed by atoms with E-state index in [-0.39, 0.29) is 12.3 Å². The van der Waals surface area contributed by atoms with E-state index in [9.17, 15) is 4.79 Å². The number of nitrogens with two attached hydrogens (primary N) is 2. The van der Waals surface area contributed by atoms with E-state index in [1.165, 1.54) is 25.7 Å². The minimum absolute atomic E-state index is 0.250. The molecule has 0 saturated carbocycles. The fourth-order valence-electron chi connectivity index (χ4n) is 2.78. The van der Waals surface area contributed by atoms with Crippen LogP contribution in [0.5, 0.6) is 0 Å². The Morgan fingerprint density at radius 2 is 1.62 bits per heavy atom. The lowest BCUT2D eigenvalue weighted by Gasteiger charge is -2.11. The van der Waals surface area contributed by atoms with E-state index in [1.807, 2.05) is 26.0 Å². The van der Waals surface area contributed by atoms with Crippen LogP contribution in [-0.2, 0) is 20.7 Å². The summed E-state index contributed by atoms with van der Waals surface area (Å²) in [6, 6.07) is 3.99. The van der Waals surface area contributed by atoms with E-state index in [2.05, 4.69) is 36.8 Å². The Morgan fingerprint density at radius 3 is 1.97 bits per heavy atom. The van der Waals surface area contributed by atoms with Gasteiger partial charge >= 0.3 is 0 Å². The molecule has 1 aliphatic rings. The molecular weight excluding hydrogens is 404 g/mol. The number of hydrogen-bond donors (Lipinski definition) is 3. The average Bonchev–Trinajstić information content (AvgIpc) is 2.79. The zero-order valence-electron chi connectivity index (χ0n) is 21.1. The summed E-state index contributed by atoms with van der Waals surface area (Å²) in [5.74, 6) is -0.370. The van der Waals surface area contributed by atoms with Crippen molar-refractivity contribution in [2.75, 3.05) is 26.3 Å². The van der Waals surface area contributed by atoms with Gasteiger partial charge in [-0.2, -0.15) is 0 Å². The van der Waals surface area contributed by atoms with Gasteiger partial charge in [-0.15, -0.1) is 0 Å². The van der Waals surface area contributed by atoms with Crippen LogP contribution in [0, 0.1) is 6.92 Å². The molecule has 5 N–H and O–H groups in total. The van der Waals surface area contributed by atoms with Crippen LogP contribution in [0.1, 0.15) is 83.7 Å². The van der Waals surface area contributed by atoms with Crippen LogP contribution >= 0.6 is 0 Å². The summed E-state index contributed by atoms with van der Waals surface area (Å²) in [6.07, 6.45) is 7.74. The third-order valence-corrected chi connectivity index (χ3v) is 4.74. The molecule has 0 aromatic carbocycles. The Labute approximate surface area is 195 Å². The number of hydrogen-bond acceptors (Lipinski definition) is 5. The van der Waals surface area contributed by atoms with Crippen molar-refractivity contribution in [3.05, 3.63) is 34.7 Å². The third-order valence-electron chi connectivity index (χ3n) is 4.74. The number of ether oxygens (including phenoxy) is 1. The number of amides is 2. The monoisotopic (exact) mass is 450 g/mol. The topological polar surface area (TPSA) is 120 Å². The molecule has 0 atom stereocenters.